The van der Waals surface area contributed by atoms with E-state index >= 15 is 0 Å². The molecule has 1 N–H and O–H groups in total. The van der Waals surface area contributed by atoms with Gasteiger partial charge in [0.1, 0.15) is 0 Å². The van der Waals surface area contributed by atoms with E-state index in [0.29, 0.717) is 34.2 Å². The van der Waals surface area contributed by atoms with Gasteiger partial charge in [0.2, 0.25) is 0 Å². The number of hydrogen-bond acceptors (Lipinski definition) is 5. The van der Waals surface area contributed by atoms with Gasteiger partial charge in [-0.05, 0) is 67.1 Å². The van der Waals surface area contributed by atoms with Gasteiger partial charge in [0.25, 0.3) is 23.6 Å². The second kappa shape index (κ2) is 11.4. The van der Waals surface area contributed by atoms with Gasteiger partial charge in [-0.3, -0.25) is 24.1 Å². The first-order valence-corrected chi connectivity index (χ1v) is 13.4. The van der Waals surface area contributed by atoms with E-state index in [9.17, 15) is 19.2 Å². The van der Waals surface area contributed by atoms with Crippen molar-refractivity contribution >= 4 is 23.6 Å². The number of imide groups is 2. The summed E-state index contributed by atoms with van der Waals surface area (Å²) in [5, 5.41) is 0.971. The molecule has 0 bridgehead atoms. The molecule has 0 spiro atoms. The van der Waals surface area contributed by atoms with Gasteiger partial charge in [-0.1, -0.05) is 60.1 Å². The molecule has 7 nitrogen and oxygen atoms in total. The molecule has 2 aliphatic heterocycles. The van der Waals surface area contributed by atoms with Gasteiger partial charge in [0.15, 0.2) is 0 Å². The summed E-state index contributed by atoms with van der Waals surface area (Å²) in [7, 11) is 0. The Labute approximate surface area is 242 Å². The lowest BCUT2D eigenvalue weighted by molar-refractivity contribution is 0.0548. The second-order valence-electron chi connectivity index (χ2n) is 9.72. The maximum Gasteiger partial charge on any atom is 0.276 e. The number of nitrogens with one attached hydrogen (secondary N) is 1. The van der Waals surface area contributed by atoms with Crippen LogP contribution in [0.1, 0.15) is 70.1 Å². The van der Waals surface area contributed by atoms with Crippen LogP contribution in [0.2, 0.25) is 0 Å². The standard InChI is InChI=1S/C35H23N3O4/c39-32-28-18-16-26(14-12-24-8-3-1-4-9-24)22-30(28)33(40)37(32)21-7-20-36-38-34(41)29-19-17-27(23-31(29)35(38)42)15-13-25-10-5-2-6-11-25/h1-6,8-11,16-19,22-23,36H,7,20-21H2. The molecule has 0 aromatic heterocycles. The molecular weight excluding hydrogens is 526 g/mol. The molecule has 0 unspecified atom stereocenters. The first kappa shape index (κ1) is 26.5. The lowest BCUT2D eigenvalue weighted by Crippen LogP contribution is -2.43. The molecule has 6 rings (SSSR count). The van der Waals surface area contributed by atoms with Gasteiger partial charge >= 0.3 is 0 Å². The van der Waals surface area contributed by atoms with Crippen molar-refractivity contribution in [1.29, 1.82) is 0 Å². The van der Waals surface area contributed by atoms with E-state index in [1.54, 1.807) is 36.4 Å². The number of hydrazine groups is 1. The zero-order valence-electron chi connectivity index (χ0n) is 22.4. The molecule has 0 saturated carbocycles. The maximum absolute atomic E-state index is 13.0. The summed E-state index contributed by atoms with van der Waals surface area (Å²) in [5.41, 5.74) is 7.05. The zero-order valence-corrected chi connectivity index (χ0v) is 22.4. The Morgan fingerprint density at radius 1 is 0.500 bits per heavy atom. The summed E-state index contributed by atoms with van der Waals surface area (Å²) in [6.45, 7) is 0.333. The molecule has 2 aliphatic rings. The largest absolute Gasteiger partial charge is 0.276 e. The maximum atomic E-state index is 13.0. The summed E-state index contributed by atoms with van der Waals surface area (Å²) >= 11 is 0. The third-order valence-electron chi connectivity index (χ3n) is 6.94. The Morgan fingerprint density at radius 2 is 0.952 bits per heavy atom. The van der Waals surface area contributed by atoms with Crippen LogP contribution < -0.4 is 5.43 Å². The lowest BCUT2D eigenvalue weighted by Gasteiger charge is -2.17. The molecule has 7 heteroatoms. The fraction of sp³-hybridized carbons (Fsp3) is 0.0857. The van der Waals surface area contributed by atoms with Crippen molar-refractivity contribution in [1.82, 2.24) is 15.3 Å². The van der Waals surface area contributed by atoms with Crippen LogP contribution in [0.3, 0.4) is 0 Å². The van der Waals surface area contributed by atoms with Crippen molar-refractivity contribution < 1.29 is 19.2 Å². The number of benzene rings is 4. The van der Waals surface area contributed by atoms with Crippen LogP contribution in [0.25, 0.3) is 0 Å². The zero-order chi connectivity index (χ0) is 29.1. The van der Waals surface area contributed by atoms with Gasteiger partial charge in [-0.15, -0.1) is 0 Å². The van der Waals surface area contributed by atoms with Crippen LogP contribution in [0, 0.1) is 23.7 Å². The van der Waals surface area contributed by atoms with Crippen molar-refractivity contribution in [3.05, 3.63) is 142 Å². The molecule has 4 amide bonds. The van der Waals surface area contributed by atoms with Crippen LogP contribution >= 0.6 is 0 Å². The average molecular weight is 550 g/mol. The summed E-state index contributed by atoms with van der Waals surface area (Å²) in [6.07, 6.45) is 0.341. The van der Waals surface area contributed by atoms with Crippen LogP contribution in [0.4, 0.5) is 0 Å². The Balaban J connectivity index is 1.06. The number of fused-ring (bicyclic) bond motifs is 2. The Kier molecular flexibility index (Phi) is 7.17. The SMILES string of the molecule is O=C1c2ccc(C#Cc3ccccc3)cc2C(=O)N1CCCNN1C(=O)c2ccc(C#Cc3ccccc3)cc2C1=O. The molecule has 202 valence electrons. The second-order valence-corrected chi connectivity index (χ2v) is 9.72. The molecule has 0 radical (unpaired) electrons. The molecule has 4 aromatic rings. The minimum Gasteiger partial charge on any atom is -0.274 e. The fourth-order valence-corrected chi connectivity index (χ4v) is 4.79. The summed E-state index contributed by atoms with van der Waals surface area (Å²) in [4.78, 5) is 52.9. The quantitative estimate of drug-likeness (QED) is 0.228. The number of hydrogen-bond donors (Lipinski definition) is 1. The van der Waals surface area contributed by atoms with Crippen LogP contribution in [0.5, 0.6) is 0 Å². The highest BCUT2D eigenvalue weighted by Gasteiger charge is 2.37. The molecular formula is C35H23N3O4. The minimum absolute atomic E-state index is 0.132. The monoisotopic (exact) mass is 549 g/mol. The van der Waals surface area contributed by atoms with Crippen LogP contribution in [-0.2, 0) is 0 Å². The van der Waals surface area contributed by atoms with Crippen LogP contribution in [-0.4, -0.2) is 46.6 Å². The van der Waals surface area contributed by atoms with Crippen LogP contribution in [0.15, 0.2) is 97.1 Å². The van der Waals surface area contributed by atoms with Crippen molar-refractivity contribution in [3.8, 4) is 23.7 Å². The molecule has 0 aliphatic carbocycles. The van der Waals surface area contributed by atoms with Gasteiger partial charge in [0.05, 0.1) is 22.3 Å². The molecule has 4 aromatic carbocycles. The van der Waals surface area contributed by atoms with Gasteiger partial charge in [-0.2, -0.15) is 0 Å². The highest BCUT2D eigenvalue weighted by atomic mass is 16.2. The van der Waals surface area contributed by atoms with Crippen molar-refractivity contribution in [2.45, 2.75) is 6.42 Å². The van der Waals surface area contributed by atoms with E-state index in [0.717, 1.165) is 16.1 Å². The average Bonchev–Trinajstić information content (AvgIpc) is 3.41. The first-order chi connectivity index (χ1) is 20.5. The Bertz CT molecular complexity index is 1740. The number of rotatable bonds is 5. The Hall–Kier alpha value is -5.76. The minimum atomic E-state index is -0.469. The summed E-state index contributed by atoms with van der Waals surface area (Å²) in [5.74, 6) is 10.5. The topological polar surface area (TPSA) is 86.8 Å². The highest BCUT2D eigenvalue weighted by molar-refractivity contribution is 6.22. The third-order valence-corrected chi connectivity index (χ3v) is 6.94. The predicted octanol–water partition coefficient (Wildman–Crippen LogP) is 4.27. The number of carbonyl (C=O) groups is 4. The van der Waals surface area contributed by atoms with E-state index in [1.807, 2.05) is 60.7 Å². The smallest absolute Gasteiger partial charge is 0.274 e. The summed E-state index contributed by atoms with van der Waals surface area (Å²) < 4.78 is 0. The van der Waals surface area contributed by atoms with Gasteiger partial charge in [0, 0.05) is 35.3 Å². The number of amides is 4. The Morgan fingerprint density at radius 3 is 1.52 bits per heavy atom. The van der Waals surface area contributed by atoms with E-state index in [-0.39, 0.29) is 30.5 Å². The van der Waals surface area contributed by atoms with Gasteiger partial charge < -0.3 is 0 Å². The van der Waals surface area contributed by atoms with E-state index in [4.69, 9.17) is 0 Å². The van der Waals surface area contributed by atoms with Crippen molar-refractivity contribution in [3.63, 3.8) is 0 Å². The van der Waals surface area contributed by atoms with E-state index < -0.39 is 11.8 Å². The number of carbonyl (C=O) groups excluding carboxylic acids is 4. The third kappa shape index (κ3) is 5.21. The van der Waals surface area contributed by atoms with Gasteiger partial charge in [-0.25, -0.2) is 10.4 Å². The molecule has 42 heavy (non-hydrogen) atoms. The predicted molar refractivity (Wildman–Crippen MR) is 156 cm³/mol. The van der Waals surface area contributed by atoms with Crippen molar-refractivity contribution in [2.24, 2.45) is 0 Å². The molecule has 0 saturated heterocycles. The highest BCUT2D eigenvalue weighted by Crippen LogP contribution is 2.25. The molecule has 0 fully saturated rings. The molecule has 2 heterocycles. The molecule has 0 atom stereocenters. The fourth-order valence-electron chi connectivity index (χ4n) is 4.79. The van der Waals surface area contributed by atoms with E-state index in [2.05, 4.69) is 29.1 Å². The lowest BCUT2D eigenvalue weighted by atomic mass is 10.1. The summed E-state index contributed by atoms with van der Waals surface area (Å²) in [6, 6.07) is 28.9. The first-order valence-electron chi connectivity index (χ1n) is 13.4. The van der Waals surface area contributed by atoms with Crippen molar-refractivity contribution in [2.75, 3.05) is 13.1 Å². The number of nitrogens with zero attached hydrogens (tertiary/aromatic N) is 2. The normalized spacial score (nSPS) is 13.3. The van der Waals surface area contributed by atoms with E-state index in [1.165, 1.54) is 4.90 Å².